The van der Waals surface area contributed by atoms with Crippen LogP contribution in [-0.2, 0) is 6.54 Å². The first-order valence-corrected chi connectivity index (χ1v) is 8.07. The van der Waals surface area contributed by atoms with Crippen molar-refractivity contribution in [2.24, 2.45) is 0 Å². The quantitative estimate of drug-likeness (QED) is 0.663. The fraction of sp³-hybridized carbons (Fsp3) is 0.250. The highest BCUT2D eigenvalue weighted by Crippen LogP contribution is 2.19. The van der Waals surface area contributed by atoms with Gasteiger partial charge in [-0.1, -0.05) is 5.16 Å². The highest BCUT2D eigenvalue weighted by atomic mass is 32.1. The summed E-state index contributed by atoms with van der Waals surface area (Å²) in [5.41, 5.74) is 0.965. The van der Waals surface area contributed by atoms with Gasteiger partial charge in [-0.2, -0.15) is 16.3 Å². The number of halogens is 1. The first-order valence-electron chi connectivity index (χ1n) is 7.13. The molecule has 0 unspecified atom stereocenters. The Morgan fingerprint density at radius 1 is 1.26 bits per heavy atom. The number of aromatic nitrogens is 2. The minimum absolute atomic E-state index is 0.271. The van der Waals surface area contributed by atoms with Crippen LogP contribution in [0.25, 0.3) is 11.4 Å². The monoisotopic (exact) mass is 333 g/mol. The van der Waals surface area contributed by atoms with Crippen molar-refractivity contribution in [2.75, 3.05) is 20.2 Å². The minimum Gasteiger partial charge on any atom is -0.492 e. The number of rotatable bonds is 7. The summed E-state index contributed by atoms with van der Waals surface area (Å²) in [5.74, 6) is 1.55. The molecule has 120 valence electrons. The predicted molar refractivity (Wildman–Crippen MR) is 85.8 cm³/mol. The minimum atomic E-state index is -0.271. The van der Waals surface area contributed by atoms with Crippen molar-refractivity contribution in [3.63, 3.8) is 0 Å². The Bertz CT molecular complexity index is 728. The number of likely N-dealkylation sites (N-methyl/N-ethyl adjacent to an activating group) is 1. The Morgan fingerprint density at radius 2 is 2.09 bits per heavy atom. The smallest absolute Gasteiger partial charge is 0.241 e. The van der Waals surface area contributed by atoms with Gasteiger partial charge in [-0.25, -0.2) is 4.39 Å². The molecule has 0 saturated carbocycles. The van der Waals surface area contributed by atoms with Gasteiger partial charge in [-0.3, -0.25) is 4.90 Å². The van der Waals surface area contributed by atoms with Crippen molar-refractivity contribution in [1.29, 1.82) is 0 Å². The fourth-order valence-corrected chi connectivity index (χ4v) is 2.62. The van der Waals surface area contributed by atoms with Crippen LogP contribution in [0.5, 0.6) is 5.75 Å². The Balaban J connectivity index is 1.46. The van der Waals surface area contributed by atoms with E-state index in [0.717, 1.165) is 5.56 Å². The Hall–Kier alpha value is -2.25. The van der Waals surface area contributed by atoms with Crippen molar-refractivity contribution in [3.8, 4) is 17.1 Å². The van der Waals surface area contributed by atoms with Gasteiger partial charge in [-0.15, -0.1) is 0 Å². The van der Waals surface area contributed by atoms with E-state index in [-0.39, 0.29) is 5.82 Å². The zero-order valence-corrected chi connectivity index (χ0v) is 13.4. The molecule has 2 heterocycles. The van der Waals surface area contributed by atoms with E-state index in [0.29, 0.717) is 37.2 Å². The molecule has 2 aromatic heterocycles. The summed E-state index contributed by atoms with van der Waals surface area (Å²) in [6, 6.07) is 7.94. The van der Waals surface area contributed by atoms with Gasteiger partial charge in [0.2, 0.25) is 11.7 Å². The molecular formula is C16H16FN3O2S. The van der Waals surface area contributed by atoms with E-state index in [1.54, 1.807) is 23.5 Å². The standard InChI is InChI=1S/C16H16FN3O2S/c1-20(7-8-21-14-4-2-13(17)3-5-14)10-15-18-16(19-22-15)12-6-9-23-11-12/h2-6,9,11H,7-8,10H2,1H3. The van der Waals surface area contributed by atoms with Gasteiger partial charge in [0.15, 0.2) is 0 Å². The number of ether oxygens (including phenoxy) is 1. The lowest BCUT2D eigenvalue weighted by Gasteiger charge is -2.14. The number of benzene rings is 1. The molecule has 0 bridgehead atoms. The third-order valence-electron chi connectivity index (χ3n) is 3.21. The van der Waals surface area contributed by atoms with Crippen LogP contribution in [0.2, 0.25) is 0 Å². The van der Waals surface area contributed by atoms with Crippen molar-refractivity contribution < 1.29 is 13.7 Å². The summed E-state index contributed by atoms with van der Waals surface area (Å²) in [4.78, 5) is 6.40. The van der Waals surface area contributed by atoms with Crippen LogP contribution in [0.4, 0.5) is 4.39 Å². The molecule has 0 amide bonds. The molecule has 0 spiro atoms. The van der Waals surface area contributed by atoms with Crippen LogP contribution in [0.1, 0.15) is 5.89 Å². The largest absolute Gasteiger partial charge is 0.492 e. The van der Waals surface area contributed by atoms with Gasteiger partial charge in [0, 0.05) is 17.5 Å². The normalized spacial score (nSPS) is 11.1. The van der Waals surface area contributed by atoms with Gasteiger partial charge in [0.1, 0.15) is 18.2 Å². The second-order valence-corrected chi connectivity index (χ2v) is 5.84. The van der Waals surface area contributed by atoms with E-state index in [1.807, 2.05) is 28.8 Å². The van der Waals surface area contributed by atoms with Gasteiger partial charge in [0.25, 0.3) is 0 Å². The van der Waals surface area contributed by atoms with E-state index < -0.39 is 0 Å². The number of nitrogens with zero attached hydrogens (tertiary/aromatic N) is 3. The van der Waals surface area contributed by atoms with E-state index >= 15 is 0 Å². The van der Waals surface area contributed by atoms with Crippen LogP contribution in [0, 0.1) is 5.82 Å². The zero-order chi connectivity index (χ0) is 16.1. The van der Waals surface area contributed by atoms with Crippen LogP contribution in [0.15, 0.2) is 45.6 Å². The zero-order valence-electron chi connectivity index (χ0n) is 12.6. The lowest BCUT2D eigenvalue weighted by Crippen LogP contribution is -2.24. The third kappa shape index (κ3) is 4.37. The molecule has 0 aliphatic carbocycles. The molecule has 7 heteroatoms. The average molecular weight is 333 g/mol. The highest BCUT2D eigenvalue weighted by Gasteiger charge is 2.11. The molecule has 3 aromatic rings. The first-order chi connectivity index (χ1) is 11.2. The Labute approximate surface area is 137 Å². The van der Waals surface area contributed by atoms with Crippen molar-refractivity contribution in [2.45, 2.75) is 6.54 Å². The van der Waals surface area contributed by atoms with Crippen molar-refractivity contribution >= 4 is 11.3 Å². The molecule has 0 atom stereocenters. The summed E-state index contributed by atoms with van der Waals surface area (Å²) >= 11 is 1.60. The van der Waals surface area contributed by atoms with Crippen LogP contribution in [-0.4, -0.2) is 35.2 Å². The van der Waals surface area contributed by atoms with E-state index in [2.05, 4.69) is 10.1 Å². The van der Waals surface area contributed by atoms with Gasteiger partial charge in [0.05, 0.1) is 6.54 Å². The maximum atomic E-state index is 12.8. The van der Waals surface area contributed by atoms with Crippen molar-refractivity contribution in [1.82, 2.24) is 15.0 Å². The molecule has 5 nitrogen and oxygen atoms in total. The van der Waals surface area contributed by atoms with Crippen molar-refractivity contribution in [3.05, 3.63) is 52.8 Å². The Kier molecular flexibility index (Phi) is 4.99. The Morgan fingerprint density at radius 3 is 2.83 bits per heavy atom. The van der Waals surface area contributed by atoms with E-state index in [9.17, 15) is 4.39 Å². The third-order valence-corrected chi connectivity index (χ3v) is 3.89. The van der Waals surface area contributed by atoms with E-state index in [4.69, 9.17) is 9.26 Å². The van der Waals surface area contributed by atoms with Gasteiger partial charge in [-0.05, 0) is 42.8 Å². The highest BCUT2D eigenvalue weighted by molar-refractivity contribution is 7.08. The van der Waals surface area contributed by atoms with Crippen LogP contribution < -0.4 is 4.74 Å². The number of hydrogen-bond donors (Lipinski definition) is 0. The predicted octanol–water partition coefficient (Wildman–Crippen LogP) is 3.45. The first kappa shape index (κ1) is 15.6. The van der Waals surface area contributed by atoms with Gasteiger partial charge < -0.3 is 9.26 Å². The summed E-state index contributed by atoms with van der Waals surface area (Å²) in [6.07, 6.45) is 0. The fourth-order valence-electron chi connectivity index (χ4n) is 1.99. The van der Waals surface area contributed by atoms with E-state index in [1.165, 1.54) is 12.1 Å². The molecule has 23 heavy (non-hydrogen) atoms. The van der Waals surface area contributed by atoms with Crippen LogP contribution >= 0.6 is 11.3 Å². The summed E-state index contributed by atoms with van der Waals surface area (Å²) in [7, 11) is 1.95. The molecular weight excluding hydrogens is 317 g/mol. The van der Waals surface area contributed by atoms with Crippen LogP contribution in [0.3, 0.4) is 0 Å². The SMILES string of the molecule is CN(CCOc1ccc(F)cc1)Cc1nc(-c2ccsc2)no1. The maximum absolute atomic E-state index is 12.8. The second kappa shape index (κ2) is 7.34. The summed E-state index contributed by atoms with van der Waals surface area (Å²) < 4.78 is 23.6. The molecule has 0 aliphatic rings. The topological polar surface area (TPSA) is 51.4 Å². The second-order valence-electron chi connectivity index (χ2n) is 5.06. The summed E-state index contributed by atoms with van der Waals surface area (Å²) in [6.45, 7) is 1.73. The lowest BCUT2D eigenvalue weighted by molar-refractivity contribution is 0.212. The molecule has 0 saturated heterocycles. The maximum Gasteiger partial charge on any atom is 0.241 e. The number of hydrogen-bond acceptors (Lipinski definition) is 6. The summed E-state index contributed by atoms with van der Waals surface area (Å²) in [5, 5.41) is 7.93. The molecule has 1 aromatic carbocycles. The average Bonchev–Trinajstić information content (AvgIpc) is 3.20. The number of thiophene rings is 1. The molecule has 0 radical (unpaired) electrons. The molecule has 0 aliphatic heterocycles. The molecule has 0 fully saturated rings. The van der Waals surface area contributed by atoms with Gasteiger partial charge >= 0.3 is 0 Å². The molecule has 3 rings (SSSR count). The molecule has 0 N–H and O–H groups in total. The lowest BCUT2D eigenvalue weighted by atomic mass is 10.3.